The summed E-state index contributed by atoms with van der Waals surface area (Å²) in [5.41, 5.74) is 3.84. The van der Waals surface area contributed by atoms with Crippen LogP contribution in [0.4, 0.5) is 0 Å². The summed E-state index contributed by atoms with van der Waals surface area (Å²) in [5.74, 6) is 0.767. The molecule has 0 N–H and O–H groups in total. The molecule has 5 heteroatoms. The van der Waals surface area contributed by atoms with Crippen LogP contribution in [0.5, 0.6) is 0 Å². The van der Waals surface area contributed by atoms with E-state index in [2.05, 4.69) is 15.2 Å². The summed E-state index contributed by atoms with van der Waals surface area (Å²) in [5, 5.41) is 9.17. The Hall–Kier alpha value is -2.72. The number of fused-ring (bicyclic) bond motifs is 1. The lowest BCUT2D eigenvalue weighted by molar-refractivity contribution is 1.11. The third-order valence-electron chi connectivity index (χ3n) is 3.48. The molecule has 106 valence electrons. The highest BCUT2D eigenvalue weighted by Crippen LogP contribution is 2.24. The first-order valence-electron chi connectivity index (χ1n) is 6.82. The summed E-state index contributed by atoms with van der Waals surface area (Å²) in [6.07, 6.45) is 5.62. The number of aromatic nitrogens is 4. The predicted octanol–water partition coefficient (Wildman–Crippen LogP) is 4.11. The fourth-order valence-electron chi connectivity index (χ4n) is 2.42. The number of rotatable bonds is 2. The predicted molar refractivity (Wildman–Crippen MR) is 86.7 cm³/mol. The average molecular weight is 307 g/mol. The van der Waals surface area contributed by atoms with Gasteiger partial charge in [0.15, 0.2) is 11.5 Å². The van der Waals surface area contributed by atoms with E-state index in [4.69, 9.17) is 11.6 Å². The van der Waals surface area contributed by atoms with Crippen molar-refractivity contribution in [2.75, 3.05) is 0 Å². The zero-order valence-electron chi connectivity index (χ0n) is 11.5. The standard InChI is InChI=1S/C17H11ClN4/c18-15-5-1-3-12(9-15)17-21-20-16-7-6-14(11-22(16)17)13-4-2-8-19-10-13/h1-11H. The monoisotopic (exact) mass is 306 g/mol. The van der Waals surface area contributed by atoms with Crippen LogP contribution in [0.1, 0.15) is 0 Å². The van der Waals surface area contributed by atoms with E-state index in [-0.39, 0.29) is 0 Å². The van der Waals surface area contributed by atoms with Gasteiger partial charge in [-0.1, -0.05) is 29.8 Å². The number of nitrogens with zero attached hydrogens (tertiary/aromatic N) is 4. The summed E-state index contributed by atoms with van der Waals surface area (Å²) in [6, 6.07) is 15.5. The van der Waals surface area contributed by atoms with Crippen LogP contribution in [-0.2, 0) is 0 Å². The number of halogens is 1. The molecule has 0 bridgehead atoms. The zero-order valence-corrected chi connectivity index (χ0v) is 12.3. The van der Waals surface area contributed by atoms with Gasteiger partial charge in [0.1, 0.15) is 0 Å². The van der Waals surface area contributed by atoms with Crippen molar-refractivity contribution in [1.29, 1.82) is 0 Å². The van der Waals surface area contributed by atoms with E-state index in [0.717, 1.165) is 28.2 Å². The maximum absolute atomic E-state index is 6.07. The van der Waals surface area contributed by atoms with Crippen LogP contribution in [0.2, 0.25) is 5.02 Å². The molecule has 0 radical (unpaired) electrons. The first-order chi connectivity index (χ1) is 10.8. The lowest BCUT2D eigenvalue weighted by atomic mass is 10.1. The molecule has 3 heterocycles. The van der Waals surface area contributed by atoms with Gasteiger partial charge in [0.05, 0.1) is 0 Å². The zero-order chi connectivity index (χ0) is 14.9. The Kier molecular flexibility index (Phi) is 3.09. The van der Waals surface area contributed by atoms with E-state index in [0.29, 0.717) is 5.02 Å². The molecule has 3 aromatic heterocycles. The summed E-state index contributed by atoms with van der Waals surface area (Å²) >= 11 is 6.07. The molecular weight excluding hydrogens is 296 g/mol. The van der Waals surface area contributed by atoms with Gasteiger partial charge in [-0.15, -0.1) is 10.2 Å². The van der Waals surface area contributed by atoms with Gasteiger partial charge in [0.25, 0.3) is 0 Å². The lowest BCUT2D eigenvalue weighted by Crippen LogP contribution is -1.91. The van der Waals surface area contributed by atoms with Crippen molar-refractivity contribution < 1.29 is 0 Å². The largest absolute Gasteiger partial charge is 0.282 e. The molecule has 0 unspecified atom stereocenters. The molecule has 1 aromatic carbocycles. The van der Waals surface area contributed by atoms with Crippen LogP contribution < -0.4 is 0 Å². The Bertz CT molecular complexity index is 947. The third-order valence-corrected chi connectivity index (χ3v) is 3.72. The number of hydrogen-bond donors (Lipinski definition) is 0. The van der Waals surface area contributed by atoms with E-state index in [1.54, 1.807) is 6.20 Å². The van der Waals surface area contributed by atoms with E-state index >= 15 is 0 Å². The van der Waals surface area contributed by atoms with Gasteiger partial charge in [-0.2, -0.15) is 0 Å². The van der Waals surface area contributed by atoms with Gasteiger partial charge in [-0.05, 0) is 30.3 Å². The molecule has 0 saturated carbocycles. The summed E-state index contributed by atoms with van der Waals surface area (Å²) in [4.78, 5) is 4.16. The first-order valence-corrected chi connectivity index (χ1v) is 7.20. The van der Waals surface area contributed by atoms with Crippen LogP contribution in [0.3, 0.4) is 0 Å². The van der Waals surface area contributed by atoms with Crippen molar-refractivity contribution in [2.24, 2.45) is 0 Å². The number of hydrogen-bond acceptors (Lipinski definition) is 3. The van der Waals surface area contributed by atoms with Crippen molar-refractivity contribution >= 4 is 17.2 Å². The summed E-state index contributed by atoms with van der Waals surface area (Å²) < 4.78 is 1.97. The van der Waals surface area contributed by atoms with Gasteiger partial charge in [0, 0.05) is 40.3 Å². The Morgan fingerprint density at radius 2 is 1.77 bits per heavy atom. The van der Waals surface area contributed by atoms with Gasteiger partial charge >= 0.3 is 0 Å². The molecule has 0 aliphatic heterocycles. The minimum absolute atomic E-state index is 0.678. The Morgan fingerprint density at radius 1 is 0.864 bits per heavy atom. The minimum Gasteiger partial charge on any atom is -0.282 e. The molecule has 0 spiro atoms. The maximum atomic E-state index is 6.07. The van der Waals surface area contributed by atoms with Crippen LogP contribution in [0.25, 0.3) is 28.2 Å². The summed E-state index contributed by atoms with van der Waals surface area (Å²) in [6.45, 7) is 0. The molecule has 22 heavy (non-hydrogen) atoms. The smallest absolute Gasteiger partial charge is 0.168 e. The van der Waals surface area contributed by atoms with Crippen LogP contribution in [0, 0.1) is 0 Å². The van der Waals surface area contributed by atoms with Gasteiger partial charge in [-0.3, -0.25) is 9.38 Å². The van der Waals surface area contributed by atoms with Gasteiger partial charge in [0.2, 0.25) is 0 Å². The average Bonchev–Trinajstić information content (AvgIpc) is 2.99. The topological polar surface area (TPSA) is 43.1 Å². The molecule has 4 rings (SSSR count). The highest BCUT2D eigenvalue weighted by Gasteiger charge is 2.09. The van der Waals surface area contributed by atoms with Crippen molar-refractivity contribution in [3.05, 3.63) is 72.1 Å². The molecule has 4 nitrogen and oxygen atoms in total. The SMILES string of the molecule is Clc1cccc(-c2nnc3ccc(-c4cccnc4)cn23)c1. The van der Waals surface area contributed by atoms with Crippen LogP contribution >= 0.6 is 11.6 Å². The molecule has 0 fully saturated rings. The second-order valence-electron chi connectivity index (χ2n) is 4.92. The fraction of sp³-hybridized carbons (Fsp3) is 0. The Morgan fingerprint density at radius 3 is 2.59 bits per heavy atom. The Labute approximate surface area is 132 Å². The third kappa shape index (κ3) is 2.23. The van der Waals surface area contributed by atoms with Crippen molar-refractivity contribution in [2.45, 2.75) is 0 Å². The molecular formula is C17H11ClN4. The normalized spacial score (nSPS) is 11.0. The number of benzene rings is 1. The maximum Gasteiger partial charge on any atom is 0.168 e. The molecule has 0 amide bonds. The van der Waals surface area contributed by atoms with Crippen molar-refractivity contribution in [1.82, 2.24) is 19.6 Å². The number of pyridine rings is 2. The van der Waals surface area contributed by atoms with E-state index in [1.807, 2.05) is 65.3 Å². The minimum atomic E-state index is 0.678. The molecule has 4 aromatic rings. The van der Waals surface area contributed by atoms with Crippen LogP contribution in [-0.4, -0.2) is 19.6 Å². The first kappa shape index (κ1) is 13.0. The van der Waals surface area contributed by atoms with Crippen molar-refractivity contribution in [3.63, 3.8) is 0 Å². The lowest BCUT2D eigenvalue weighted by Gasteiger charge is -2.04. The fourth-order valence-corrected chi connectivity index (χ4v) is 2.61. The highest BCUT2D eigenvalue weighted by atomic mass is 35.5. The Balaban J connectivity index is 1.91. The second-order valence-corrected chi connectivity index (χ2v) is 5.36. The second kappa shape index (κ2) is 5.24. The quantitative estimate of drug-likeness (QED) is 0.559. The molecule has 0 aliphatic rings. The van der Waals surface area contributed by atoms with E-state index in [9.17, 15) is 0 Å². The molecule has 0 atom stereocenters. The molecule has 0 aliphatic carbocycles. The van der Waals surface area contributed by atoms with Gasteiger partial charge < -0.3 is 0 Å². The van der Waals surface area contributed by atoms with Crippen molar-refractivity contribution in [3.8, 4) is 22.5 Å². The van der Waals surface area contributed by atoms with E-state index < -0.39 is 0 Å². The van der Waals surface area contributed by atoms with E-state index in [1.165, 1.54) is 0 Å². The van der Waals surface area contributed by atoms with Gasteiger partial charge in [-0.25, -0.2) is 0 Å². The molecule has 0 saturated heterocycles. The summed E-state index contributed by atoms with van der Waals surface area (Å²) in [7, 11) is 0. The highest BCUT2D eigenvalue weighted by molar-refractivity contribution is 6.30. The van der Waals surface area contributed by atoms with Crippen LogP contribution in [0.15, 0.2) is 67.1 Å².